The van der Waals surface area contributed by atoms with Crippen molar-refractivity contribution in [3.05, 3.63) is 77.6 Å². The number of amides is 1. The first-order valence-electron chi connectivity index (χ1n) is 9.55. The first kappa shape index (κ1) is 21.6. The summed E-state index contributed by atoms with van der Waals surface area (Å²) in [5.74, 6) is -0.342. The molecule has 0 radical (unpaired) electrons. The van der Waals surface area contributed by atoms with E-state index in [9.17, 15) is 13.2 Å². The molecule has 0 saturated carbocycles. The van der Waals surface area contributed by atoms with E-state index in [-0.39, 0.29) is 5.91 Å². The smallest absolute Gasteiger partial charge is 0.251 e. The molecular formula is C22H26N4O3S. The second-order valence-electron chi connectivity index (χ2n) is 7.50. The molecule has 8 heteroatoms. The Morgan fingerprint density at radius 2 is 1.80 bits per heavy atom. The van der Waals surface area contributed by atoms with Crippen LogP contribution >= 0.6 is 0 Å². The molecule has 0 aliphatic heterocycles. The molecule has 0 saturated heterocycles. The van der Waals surface area contributed by atoms with Crippen LogP contribution in [0.4, 0.5) is 11.4 Å². The van der Waals surface area contributed by atoms with Gasteiger partial charge in [0.1, 0.15) is 0 Å². The third-order valence-corrected chi connectivity index (χ3v) is 6.61. The number of aryl methyl sites for hydroxylation is 2. The number of carbonyl (C=O) groups excluding carboxylic acids is 1. The Kier molecular flexibility index (Phi) is 6.26. The van der Waals surface area contributed by atoms with Gasteiger partial charge in [-0.25, -0.2) is 8.42 Å². The van der Waals surface area contributed by atoms with Crippen LogP contribution in [0.25, 0.3) is 0 Å². The van der Waals surface area contributed by atoms with Crippen molar-refractivity contribution in [2.24, 2.45) is 7.05 Å². The van der Waals surface area contributed by atoms with E-state index in [0.29, 0.717) is 5.56 Å². The highest BCUT2D eigenvalue weighted by molar-refractivity contribution is 7.91. The van der Waals surface area contributed by atoms with E-state index in [1.807, 2.05) is 50.5 Å². The lowest BCUT2D eigenvalue weighted by atomic mass is 10.0. The van der Waals surface area contributed by atoms with Crippen molar-refractivity contribution in [3.63, 3.8) is 0 Å². The lowest BCUT2D eigenvalue weighted by molar-refractivity contribution is 0.0936. The van der Waals surface area contributed by atoms with Crippen LogP contribution in [0.2, 0.25) is 0 Å². The molecule has 0 bridgehead atoms. The fourth-order valence-corrected chi connectivity index (χ4v) is 3.83. The number of hydrogen-bond donors (Lipinski definition) is 2. The van der Waals surface area contributed by atoms with Crippen LogP contribution in [0.3, 0.4) is 0 Å². The third-order valence-electron chi connectivity index (χ3n) is 4.99. The molecule has 0 fully saturated rings. The predicted molar refractivity (Wildman–Crippen MR) is 119 cm³/mol. The maximum absolute atomic E-state index is 13.0. The molecule has 0 aliphatic rings. The van der Waals surface area contributed by atoms with Crippen molar-refractivity contribution >= 4 is 27.1 Å². The zero-order valence-corrected chi connectivity index (χ0v) is 18.3. The highest BCUT2D eigenvalue weighted by atomic mass is 32.2. The van der Waals surface area contributed by atoms with Gasteiger partial charge >= 0.3 is 0 Å². The van der Waals surface area contributed by atoms with Crippen molar-refractivity contribution in [2.45, 2.75) is 25.1 Å². The number of nitrogens with one attached hydrogen (secondary N) is 2. The molecule has 2 unspecified atom stereocenters. The molecule has 2 N–H and O–H groups in total. The van der Waals surface area contributed by atoms with E-state index in [4.69, 9.17) is 0 Å². The molecule has 30 heavy (non-hydrogen) atoms. The number of sulfone groups is 1. The van der Waals surface area contributed by atoms with E-state index < -0.39 is 21.1 Å². The van der Waals surface area contributed by atoms with Gasteiger partial charge in [-0.1, -0.05) is 35.9 Å². The molecule has 1 aromatic heterocycles. The summed E-state index contributed by atoms with van der Waals surface area (Å²) in [5.41, 5.74) is 3.78. The molecule has 1 heterocycles. The zero-order chi connectivity index (χ0) is 21.9. The normalized spacial score (nSPS) is 13.5. The number of aromatic nitrogens is 2. The minimum atomic E-state index is -3.37. The maximum atomic E-state index is 13.0. The number of hydrogen-bond acceptors (Lipinski definition) is 5. The predicted octanol–water partition coefficient (Wildman–Crippen LogP) is 3.38. The molecule has 7 nitrogen and oxygen atoms in total. The molecule has 2 aromatic carbocycles. The van der Waals surface area contributed by atoms with E-state index >= 15 is 0 Å². The van der Waals surface area contributed by atoms with Gasteiger partial charge < -0.3 is 10.6 Å². The highest BCUT2D eigenvalue weighted by Gasteiger charge is 2.29. The highest BCUT2D eigenvalue weighted by Crippen LogP contribution is 2.24. The summed E-state index contributed by atoms with van der Waals surface area (Å²) in [5, 5.41) is 9.44. The minimum absolute atomic E-state index is 0.342. The van der Waals surface area contributed by atoms with E-state index in [1.165, 1.54) is 6.26 Å². The van der Waals surface area contributed by atoms with Crippen LogP contribution in [0, 0.1) is 6.92 Å². The van der Waals surface area contributed by atoms with E-state index in [1.54, 1.807) is 36.0 Å². The van der Waals surface area contributed by atoms with Gasteiger partial charge in [-0.3, -0.25) is 9.48 Å². The Balaban J connectivity index is 1.84. The summed E-state index contributed by atoms with van der Waals surface area (Å²) < 4.78 is 26.1. The molecular weight excluding hydrogens is 400 g/mol. The number of rotatable bonds is 7. The summed E-state index contributed by atoms with van der Waals surface area (Å²) in [6.07, 6.45) is 4.70. The fraction of sp³-hybridized carbons (Fsp3) is 0.273. The molecule has 0 spiro atoms. The Morgan fingerprint density at radius 1 is 1.10 bits per heavy atom. The maximum Gasteiger partial charge on any atom is 0.251 e. The molecule has 3 aromatic rings. The summed E-state index contributed by atoms with van der Waals surface area (Å²) in [6, 6.07) is 13.9. The van der Waals surface area contributed by atoms with Crippen LogP contribution in [-0.2, 0) is 16.9 Å². The Hall–Kier alpha value is -3.13. The number of carbonyl (C=O) groups is 1. The van der Waals surface area contributed by atoms with Gasteiger partial charge in [0.2, 0.25) is 0 Å². The molecule has 1 amide bonds. The lowest BCUT2D eigenvalue weighted by Crippen LogP contribution is -2.38. The van der Waals surface area contributed by atoms with E-state index in [0.717, 1.165) is 22.5 Å². The van der Waals surface area contributed by atoms with Gasteiger partial charge in [-0.05, 0) is 37.6 Å². The first-order valence-corrected chi connectivity index (χ1v) is 11.5. The SMILES string of the molecule is Cc1ccc(C(NC(=O)c2cccc(Nc3cnn(C)c3)c2)C(C)S(C)(=O)=O)cc1. The average Bonchev–Trinajstić information content (AvgIpc) is 3.10. The quantitative estimate of drug-likeness (QED) is 0.604. The largest absolute Gasteiger partial charge is 0.353 e. The fourth-order valence-electron chi connectivity index (χ4n) is 3.11. The van der Waals surface area contributed by atoms with Crippen LogP contribution in [0.1, 0.15) is 34.5 Å². The molecule has 0 aliphatic carbocycles. The first-order chi connectivity index (χ1) is 14.1. The van der Waals surface area contributed by atoms with E-state index in [2.05, 4.69) is 15.7 Å². The second kappa shape index (κ2) is 8.71. The molecule has 3 rings (SSSR count). The lowest BCUT2D eigenvalue weighted by Gasteiger charge is -2.25. The van der Waals surface area contributed by atoms with Crippen molar-refractivity contribution in [2.75, 3.05) is 11.6 Å². The topological polar surface area (TPSA) is 93.1 Å². The third kappa shape index (κ3) is 5.27. The van der Waals surface area contributed by atoms with Crippen molar-refractivity contribution in [3.8, 4) is 0 Å². The minimum Gasteiger partial charge on any atom is -0.353 e. The molecule has 2 atom stereocenters. The summed E-state index contributed by atoms with van der Waals surface area (Å²) in [6.45, 7) is 3.57. The van der Waals surface area contributed by atoms with Gasteiger partial charge in [0, 0.05) is 30.8 Å². The average molecular weight is 427 g/mol. The summed E-state index contributed by atoms with van der Waals surface area (Å²) in [7, 11) is -1.55. The van der Waals surface area contributed by atoms with Crippen molar-refractivity contribution in [1.29, 1.82) is 0 Å². The van der Waals surface area contributed by atoms with Gasteiger partial charge in [0.25, 0.3) is 5.91 Å². The van der Waals surface area contributed by atoms with Crippen molar-refractivity contribution in [1.82, 2.24) is 15.1 Å². The number of benzene rings is 2. The van der Waals surface area contributed by atoms with Gasteiger partial charge in [0.05, 0.1) is 23.2 Å². The summed E-state index contributed by atoms with van der Waals surface area (Å²) in [4.78, 5) is 13.0. The van der Waals surface area contributed by atoms with Crippen LogP contribution < -0.4 is 10.6 Å². The van der Waals surface area contributed by atoms with Crippen LogP contribution in [0.15, 0.2) is 60.9 Å². The molecule has 158 valence electrons. The summed E-state index contributed by atoms with van der Waals surface area (Å²) >= 11 is 0. The Morgan fingerprint density at radius 3 is 2.40 bits per heavy atom. The van der Waals surface area contributed by atoms with Gasteiger partial charge in [-0.15, -0.1) is 0 Å². The number of nitrogens with zero attached hydrogens (tertiary/aromatic N) is 2. The van der Waals surface area contributed by atoms with Crippen molar-refractivity contribution < 1.29 is 13.2 Å². The monoisotopic (exact) mass is 426 g/mol. The standard InChI is InChI=1S/C22H26N4O3S/c1-15-8-10-17(11-9-15)21(16(2)30(4,28)29)25-22(27)18-6-5-7-19(12-18)24-20-13-23-26(3)14-20/h5-14,16,21,24H,1-4H3,(H,25,27). The van der Waals surface area contributed by atoms with Gasteiger partial charge in [0.15, 0.2) is 9.84 Å². The second-order valence-corrected chi connectivity index (χ2v) is 9.91. The Bertz CT molecular complexity index is 1140. The zero-order valence-electron chi connectivity index (χ0n) is 17.5. The Labute approximate surface area is 177 Å². The van der Waals surface area contributed by atoms with Crippen LogP contribution in [0.5, 0.6) is 0 Å². The number of anilines is 2. The van der Waals surface area contributed by atoms with Crippen LogP contribution in [-0.4, -0.2) is 35.6 Å². The van der Waals surface area contributed by atoms with Gasteiger partial charge in [-0.2, -0.15) is 5.10 Å².